The summed E-state index contributed by atoms with van der Waals surface area (Å²) in [5, 5.41) is 58.9. The van der Waals surface area contributed by atoms with Gasteiger partial charge in [-0.2, -0.15) is 0 Å². The second-order valence-corrected chi connectivity index (χ2v) is 11.6. The number of hydrogen-bond acceptors (Lipinski definition) is 14. The van der Waals surface area contributed by atoms with Gasteiger partial charge in [-0.1, -0.05) is 0 Å². The van der Waals surface area contributed by atoms with Gasteiger partial charge in [0.05, 0.1) is 25.5 Å². The first-order valence-electron chi connectivity index (χ1n) is 10.3. The maximum absolute atomic E-state index is 12.4. The lowest BCUT2D eigenvalue weighted by Crippen LogP contribution is -2.59. The number of hydrogen-bond donors (Lipinski definition) is 9. The molecule has 0 aromatic carbocycles. The van der Waals surface area contributed by atoms with Crippen LogP contribution in [0.3, 0.4) is 0 Å². The van der Waals surface area contributed by atoms with Crippen molar-refractivity contribution in [3.63, 3.8) is 0 Å². The van der Waals surface area contributed by atoms with Crippen LogP contribution in [0.4, 0.5) is 0 Å². The zero-order valence-corrected chi connectivity index (χ0v) is 19.9. The Labute approximate surface area is 201 Å². The molecule has 0 saturated carbocycles. The maximum Gasteiger partial charge on any atom is 0.479 e. The number of ether oxygens (including phenoxy) is 2. The molecule has 0 radical (unpaired) electrons. The molecule has 0 spiro atoms. The van der Waals surface area contributed by atoms with E-state index in [0.29, 0.717) is 0 Å². The number of aliphatic hydroxyl groups is 6. The van der Waals surface area contributed by atoms with Crippen LogP contribution in [0.5, 0.6) is 0 Å². The number of nitrogens with zero attached hydrogens (tertiary/aromatic N) is 1. The Hall–Kier alpha value is -1.34. The lowest BCUT2D eigenvalue weighted by molar-refractivity contribution is -0.223. The lowest BCUT2D eigenvalue weighted by Gasteiger charge is -2.40. The molecule has 1 aromatic rings. The number of nitrogens with one attached hydrogen (secondary N) is 1. The van der Waals surface area contributed by atoms with Crippen LogP contribution in [0.25, 0.3) is 0 Å². The minimum atomic E-state index is -5.36. The van der Waals surface area contributed by atoms with Crippen molar-refractivity contribution in [2.24, 2.45) is 0 Å². The van der Waals surface area contributed by atoms with Gasteiger partial charge >= 0.3 is 21.1 Å². The first-order valence-corrected chi connectivity index (χ1v) is 13.6. The van der Waals surface area contributed by atoms with Gasteiger partial charge in [-0.25, -0.2) is 13.7 Å². The van der Waals surface area contributed by atoms with Gasteiger partial charge < -0.3 is 49.9 Å². The molecule has 3 rings (SSSR count). The third-order valence-corrected chi connectivity index (χ3v) is 8.64. The number of phosphoric ester groups is 1. The molecule has 2 aliphatic heterocycles. The normalized spacial score (nSPS) is 38.4. The Bertz CT molecular complexity index is 1120. The van der Waals surface area contributed by atoms with Crippen molar-refractivity contribution < 1.29 is 67.9 Å². The van der Waals surface area contributed by atoms with Crippen LogP contribution >= 0.6 is 15.4 Å². The molecule has 11 atom stereocenters. The smallest absolute Gasteiger partial charge is 0.394 e. The summed E-state index contributed by atoms with van der Waals surface area (Å²) < 4.78 is 44.5. The van der Waals surface area contributed by atoms with Crippen LogP contribution in [-0.2, 0) is 27.4 Å². The first kappa shape index (κ1) is 29.2. The van der Waals surface area contributed by atoms with E-state index in [0.717, 1.165) is 16.8 Å². The van der Waals surface area contributed by atoms with E-state index in [4.69, 9.17) is 9.47 Å². The van der Waals surface area contributed by atoms with Crippen LogP contribution in [0.15, 0.2) is 21.9 Å². The Kier molecular flexibility index (Phi) is 9.08. The first-order chi connectivity index (χ1) is 16.7. The lowest BCUT2D eigenvalue weighted by atomic mass is 9.96. The standard InChI is InChI=1S/C16H26N2O16P2/c19-3-6-10(21)13(24)12(23)8(32-6)5-35(27,28)34-36(29,30)31-4-7-11(22)14(25)15(33-7)18-2-1-9(20)17-16(18)26/h1-2,6-8,10-15,19,21-25H,3-5H2,(H,27,28)(H,29,30)(H,17,20,26)/t6-,7-,8-,10-,11-,12+,13+,14-,15-/m1/s1. The van der Waals surface area contributed by atoms with E-state index < -0.39 is 101 Å². The second kappa shape index (κ2) is 11.2. The summed E-state index contributed by atoms with van der Waals surface area (Å²) in [4.78, 5) is 44.8. The van der Waals surface area contributed by atoms with Gasteiger partial charge in [0.15, 0.2) is 6.23 Å². The Morgan fingerprint density at radius 2 is 1.53 bits per heavy atom. The van der Waals surface area contributed by atoms with Crippen LogP contribution in [0.2, 0.25) is 0 Å². The minimum Gasteiger partial charge on any atom is -0.394 e. The molecule has 2 unspecified atom stereocenters. The monoisotopic (exact) mass is 564 g/mol. The van der Waals surface area contributed by atoms with E-state index >= 15 is 0 Å². The summed E-state index contributed by atoms with van der Waals surface area (Å²) in [6.07, 6.45) is -15.3. The number of aliphatic hydroxyl groups excluding tert-OH is 6. The summed E-state index contributed by atoms with van der Waals surface area (Å²) in [6, 6.07) is 0.942. The largest absolute Gasteiger partial charge is 0.479 e. The minimum absolute atomic E-state index is 0.736. The number of rotatable bonds is 9. The highest BCUT2D eigenvalue weighted by atomic mass is 31.3. The van der Waals surface area contributed by atoms with Crippen LogP contribution in [0.1, 0.15) is 6.23 Å². The van der Waals surface area contributed by atoms with E-state index in [-0.39, 0.29) is 0 Å². The number of H-pyrrole nitrogens is 1. The van der Waals surface area contributed by atoms with E-state index in [9.17, 15) is 59.1 Å². The van der Waals surface area contributed by atoms with E-state index in [1.54, 1.807) is 0 Å². The molecule has 0 amide bonds. The molecule has 2 aliphatic rings. The fourth-order valence-corrected chi connectivity index (χ4v) is 6.50. The highest BCUT2D eigenvalue weighted by molar-refractivity contribution is 7.64. The molecule has 3 heterocycles. The summed E-state index contributed by atoms with van der Waals surface area (Å²) in [5.41, 5.74) is -1.72. The molecular weight excluding hydrogens is 538 g/mol. The highest BCUT2D eigenvalue weighted by Gasteiger charge is 2.48. The molecule has 2 saturated heterocycles. The summed E-state index contributed by atoms with van der Waals surface area (Å²) >= 11 is 0. The number of aromatic amines is 1. The molecule has 20 heteroatoms. The van der Waals surface area contributed by atoms with Crippen LogP contribution in [0, 0.1) is 0 Å². The summed E-state index contributed by atoms with van der Waals surface area (Å²) in [5.74, 6) is 0. The van der Waals surface area contributed by atoms with Gasteiger partial charge in [0.2, 0.25) is 0 Å². The Balaban J connectivity index is 1.61. The number of aromatic nitrogens is 2. The fraction of sp³-hybridized carbons (Fsp3) is 0.750. The Morgan fingerprint density at radius 1 is 0.917 bits per heavy atom. The van der Waals surface area contributed by atoms with Crippen molar-refractivity contribution in [3.8, 4) is 0 Å². The van der Waals surface area contributed by atoms with Gasteiger partial charge in [0.25, 0.3) is 5.56 Å². The number of phosphoric acid groups is 1. The third-order valence-electron chi connectivity index (χ3n) is 5.50. The molecule has 2 fully saturated rings. The third kappa shape index (κ3) is 6.56. The Morgan fingerprint density at radius 3 is 2.14 bits per heavy atom. The van der Waals surface area contributed by atoms with Crippen molar-refractivity contribution in [1.82, 2.24) is 9.55 Å². The molecule has 0 aliphatic carbocycles. The van der Waals surface area contributed by atoms with Crippen molar-refractivity contribution >= 4 is 15.4 Å². The van der Waals surface area contributed by atoms with Crippen molar-refractivity contribution in [1.29, 1.82) is 0 Å². The van der Waals surface area contributed by atoms with E-state index in [2.05, 4.69) is 8.83 Å². The average molecular weight is 564 g/mol. The SMILES string of the molecule is O=c1ccn([C@@H]2O[C@H](COP(=O)(O)OP(=O)(O)C[C@H]3O[C@H](CO)[C@@H](O)[C@H](O)[C@H]3O)[C@@H](O)[C@H]2O)c(=O)[nH]1. The predicted octanol–water partition coefficient (Wildman–Crippen LogP) is -4.68. The molecule has 36 heavy (non-hydrogen) atoms. The maximum atomic E-state index is 12.4. The zero-order chi connectivity index (χ0) is 27.0. The van der Waals surface area contributed by atoms with Gasteiger partial charge in [-0.3, -0.25) is 23.4 Å². The average Bonchev–Trinajstić information content (AvgIpc) is 3.06. The molecule has 18 nitrogen and oxygen atoms in total. The summed E-state index contributed by atoms with van der Waals surface area (Å²) in [6.45, 7) is -1.79. The fourth-order valence-electron chi connectivity index (χ4n) is 3.67. The van der Waals surface area contributed by atoms with E-state index in [1.807, 2.05) is 4.98 Å². The van der Waals surface area contributed by atoms with Gasteiger partial charge in [-0.15, -0.1) is 0 Å². The van der Waals surface area contributed by atoms with Crippen molar-refractivity contribution in [2.45, 2.75) is 55.1 Å². The highest BCUT2D eigenvalue weighted by Crippen LogP contribution is 2.60. The van der Waals surface area contributed by atoms with Crippen molar-refractivity contribution in [3.05, 3.63) is 33.1 Å². The summed E-state index contributed by atoms with van der Waals surface area (Å²) in [7, 11) is -10.5. The van der Waals surface area contributed by atoms with Gasteiger partial charge in [0, 0.05) is 12.3 Å². The van der Waals surface area contributed by atoms with E-state index in [1.165, 1.54) is 0 Å². The topological polar surface area (TPSA) is 288 Å². The molecular formula is C16H26N2O16P2. The second-order valence-electron chi connectivity index (χ2n) is 8.10. The van der Waals surface area contributed by atoms with Gasteiger partial charge in [-0.05, 0) is 0 Å². The van der Waals surface area contributed by atoms with Crippen molar-refractivity contribution in [2.75, 3.05) is 19.4 Å². The molecule has 0 bridgehead atoms. The molecule has 9 N–H and O–H groups in total. The van der Waals surface area contributed by atoms with Crippen LogP contribution in [-0.4, -0.2) is 118 Å². The van der Waals surface area contributed by atoms with Gasteiger partial charge in [0.1, 0.15) is 42.7 Å². The molecule has 206 valence electrons. The van der Waals surface area contributed by atoms with Crippen LogP contribution < -0.4 is 11.2 Å². The quantitative estimate of drug-likeness (QED) is 0.127. The zero-order valence-electron chi connectivity index (χ0n) is 18.2. The molecule has 1 aromatic heterocycles. The predicted molar refractivity (Wildman–Crippen MR) is 113 cm³/mol.